The van der Waals surface area contributed by atoms with E-state index in [1.807, 2.05) is 27.7 Å². The topological polar surface area (TPSA) is 108 Å². The van der Waals surface area contributed by atoms with Crippen LogP contribution in [0.2, 0.25) is 0 Å². The number of aliphatic hydroxyl groups is 2. The van der Waals surface area contributed by atoms with Crippen LogP contribution in [0.5, 0.6) is 0 Å². The zero-order valence-corrected chi connectivity index (χ0v) is 19.4. The molecule has 9 nitrogen and oxygen atoms in total. The number of amides is 1. The van der Waals surface area contributed by atoms with E-state index < -0.39 is 36.9 Å². The molecule has 1 amide bonds. The molecule has 2 aliphatic heterocycles. The van der Waals surface area contributed by atoms with Gasteiger partial charge in [-0.05, 0) is 54.4 Å². The number of carbonyl (C=O) groups is 1. The maximum atomic E-state index is 12.1. The van der Waals surface area contributed by atoms with E-state index in [1.165, 1.54) is 0 Å². The Morgan fingerprint density at radius 2 is 1.71 bits per heavy atom. The van der Waals surface area contributed by atoms with E-state index >= 15 is 0 Å². The molecule has 2 N–H and O–H groups in total. The van der Waals surface area contributed by atoms with Crippen molar-refractivity contribution in [2.24, 2.45) is 0 Å². The van der Waals surface area contributed by atoms with Crippen molar-refractivity contribution >= 4 is 24.4 Å². The SMILES string of the molecule is CC(C)N(c1ncc(B2OC(C)(C)C(C)(C)O2)cn1)C1CCN(C(=O)[C@H](O)CO)CC1. The number of aliphatic hydroxyl groups excluding tert-OH is 2. The van der Waals surface area contributed by atoms with E-state index in [9.17, 15) is 9.90 Å². The summed E-state index contributed by atoms with van der Waals surface area (Å²) >= 11 is 0. The monoisotopic (exact) mass is 434 g/mol. The Balaban J connectivity index is 1.68. The van der Waals surface area contributed by atoms with Gasteiger partial charge in [-0.15, -0.1) is 0 Å². The second kappa shape index (κ2) is 9.01. The molecule has 3 rings (SSSR count). The number of hydrogen-bond acceptors (Lipinski definition) is 8. The van der Waals surface area contributed by atoms with Crippen LogP contribution in [0.4, 0.5) is 5.95 Å². The molecule has 0 spiro atoms. The fourth-order valence-electron chi connectivity index (χ4n) is 4.03. The van der Waals surface area contributed by atoms with Gasteiger partial charge in [0.2, 0.25) is 5.95 Å². The van der Waals surface area contributed by atoms with Gasteiger partial charge in [0, 0.05) is 43.0 Å². The molecule has 1 aromatic heterocycles. The first-order valence-electron chi connectivity index (χ1n) is 11.0. The highest BCUT2D eigenvalue weighted by Crippen LogP contribution is 2.36. The maximum Gasteiger partial charge on any atom is 0.498 e. The Morgan fingerprint density at radius 3 is 2.16 bits per heavy atom. The smallest absolute Gasteiger partial charge is 0.399 e. The summed E-state index contributed by atoms with van der Waals surface area (Å²) < 4.78 is 12.2. The molecule has 0 radical (unpaired) electrons. The van der Waals surface area contributed by atoms with E-state index in [1.54, 1.807) is 17.3 Å². The Bertz CT molecular complexity index is 750. The van der Waals surface area contributed by atoms with Crippen molar-refractivity contribution in [2.75, 3.05) is 24.6 Å². The molecule has 0 aliphatic carbocycles. The number of aromatic nitrogens is 2. The lowest BCUT2D eigenvalue weighted by molar-refractivity contribution is -0.143. The van der Waals surface area contributed by atoms with E-state index in [0.717, 1.165) is 18.3 Å². The number of rotatable bonds is 6. The summed E-state index contributed by atoms with van der Waals surface area (Å²) in [4.78, 5) is 25.1. The predicted octanol–water partition coefficient (Wildman–Crippen LogP) is 0.335. The molecule has 31 heavy (non-hydrogen) atoms. The van der Waals surface area contributed by atoms with Gasteiger partial charge in [-0.3, -0.25) is 4.79 Å². The molecular weight excluding hydrogens is 399 g/mol. The lowest BCUT2D eigenvalue weighted by atomic mass is 9.81. The summed E-state index contributed by atoms with van der Waals surface area (Å²) in [5, 5.41) is 18.6. The van der Waals surface area contributed by atoms with Crippen LogP contribution in [-0.4, -0.2) is 87.2 Å². The standard InChI is InChI=1S/C21H35BN4O5/c1-14(2)26(16-7-9-25(10-8-16)18(29)17(28)13-27)19-23-11-15(12-24-19)22-30-20(3,4)21(5,6)31-22/h11-12,14,16-17,27-28H,7-10,13H2,1-6H3/t17-/m1/s1. The van der Waals surface area contributed by atoms with Crippen LogP contribution in [0.25, 0.3) is 0 Å². The number of likely N-dealkylation sites (tertiary alicyclic amines) is 1. The summed E-state index contributed by atoms with van der Waals surface area (Å²) in [5.74, 6) is 0.218. The Hall–Kier alpha value is -1.75. The molecule has 0 bridgehead atoms. The molecule has 2 fully saturated rings. The molecule has 2 aliphatic rings. The first-order chi connectivity index (χ1) is 14.5. The summed E-state index contributed by atoms with van der Waals surface area (Å²) in [6.07, 6.45) is 3.66. The maximum absolute atomic E-state index is 12.1. The van der Waals surface area contributed by atoms with E-state index in [0.29, 0.717) is 19.0 Å². The Kier molecular flexibility index (Phi) is 6.95. The van der Waals surface area contributed by atoms with Crippen molar-refractivity contribution in [1.82, 2.24) is 14.9 Å². The average molecular weight is 434 g/mol. The highest BCUT2D eigenvalue weighted by Gasteiger charge is 2.52. The fourth-order valence-corrected chi connectivity index (χ4v) is 4.03. The number of carbonyl (C=O) groups excluding carboxylic acids is 1. The average Bonchev–Trinajstić information content (AvgIpc) is 2.95. The lowest BCUT2D eigenvalue weighted by Crippen LogP contribution is -2.52. The van der Waals surface area contributed by atoms with Gasteiger partial charge in [0.15, 0.2) is 6.10 Å². The van der Waals surface area contributed by atoms with Gasteiger partial charge in [-0.1, -0.05) is 0 Å². The van der Waals surface area contributed by atoms with Gasteiger partial charge in [0.25, 0.3) is 5.91 Å². The van der Waals surface area contributed by atoms with E-state index in [-0.39, 0.29) is 12.1 Å². The number of hydrogen-bond donors (Lipinski definition) is 2. The van der Waals surface area contributed by atoms with Gasteiger partial charge in [-0.2, -0.15) is 0 Å². The summed E-state index contributed by atoms with van der Waals surface area (Å²) in [6, 6.07) is 0.357. The second-order valence-corrected chi connectivity index (χ2v) is 9.66. The van der Waals surface area contributed by atoms with Crippen LogP contribution in [0, 0.1) is 0 Å². The van der Waals surface area contributed by atoms with Gasteiger partial charge < -0.3 is 29.3 Å². The summed E-state index contributed by atoms with van der Waals surface area (Å²) in [7, 11) is -0.501. The van der Waals surface area contributed by atoms with Crippen molar-refractivity contribution in [3.05, 3.63) is 12.4 Å². The molecular formula is C21H35BN4O5. The van der Waals surface area contributed by atoms with Crippen molar-refractivity contribution < 1.29 is 24.3 Å². The zero-order chi connectivity index (χ0) is 23.0. The molecule has 0 saturated carbocycles. The highest BCUT2D eigenvalue weighted by atomic mass is 16.7. The fraction of sp³-hybridized carbons (Fsp3) is 0.762. The van der Waals surface area contributed by atoms with Gasteiger partial charge in [-0.25, -0.2) is 9.97 Å². The molecule has 1 aromatic rings. The minimum absolute atomic E-state index is 0.179. The lowest BCUT2D eigenvalue weighted by Gasteiger charge is -2.41. The quantitative estimate of drug-likeness (QED) is 0.617. The summed E-state index contributed by atoms with van der Waals surface area (Å²) in [6.45, 7) is 12.7. The number of nitrogens with zero attached hydrogens (tertiary/aromatic N) is 4. The van der Waals surface area contributed by atoms with Crippen molar-refractivity contribution in [1.29, 1.82) is 0 Å². The van der Waals surface area contributed by atoms with Crippen LogP contribution in [0.1, 0.15) is 54.4 Å². The van der Waals surface area contributed by atoms with E-state index in [4.69, 9.17) is 14.4 Å². The van der Waals surface area contributed by atoms with Gasteiger partial charge in [0.1, 0.15) is 0 Å². The number of anilines is 1. The Morgan fingerprint density at radius 1 is 1.19 bits per heavy atom. The molecule has 3 heterocycles. The van der Waals surface area contributed by atoms with Crippen molar-refractivity contribution in [3.8, 4) is 0 Å². The van der Waals surface area contributed by atoms with Crippen LogP contribution in [0.15, 0.2) is 12.4 Å². The molecule has 172 valence electrons. The molecule has 0 unspecified atom stereocenters. The van der Waals surface area contributed by atoms with Crippen molar-refractivity contribution in [2.45, 2.75) is 83.8 Å². The van der Waals surface area contributed by atoms with Gasteiger partial charge >= 0.3 is 7.12 Å². The molecule has 10 heteroatoms. The third-order valence-electron chi connectivity index (χ3n) is 6.60. The summed E-state index contributed by atoms with van der Waals surface area (Å²) in [5.41, 5.74) is -0.0607. The number of piperidine rings is 1. The largest absolute Gasteiger partial charge is 0.498 e. The van der Waals surface area contributed by atoms with Crippen molar-refractivity contribution in [3.63, 3.8) is 0 Å². The minimum atomic E-state index is -1.34. The first-order valence-corrected chi connectivity index (χ1v) is 11.0. The molecule has 0 aromatic carbocycles. The zero-order valence-electron chi connectivity index (χ0n) is 19.4. The Labute approximate surface area is 184 Å². The van der Waals surface area contributed by atoms with Crippen LogP contribution in [-0.2, 0) is 14.1 Å². The normalized spacial score (nSPS) is 22.1. The predicted molar refractivity (Wildman–Crippen MR) is 118 cm³/mol. The van der Waals surface area contributed by atoms with Crippen LogP contribution in [0.3, 0.4) is 0 Å². The third-order valence-corrected chi connectivity index (χ3v) is 6.60. The highest BCUT2D eigenvalue weighted by molar-refractivity contribution is 6.61. The molecule has 1 atom stereocenters. The third kappa shape index (κ3) is 4.87. The first kappa shape index (κ1) is 23.9. The van der Waals surface area contributed by atoms with Crippen LogP contribution >= 0.6 is 0 Å². The van der Waals surface area contributed by atoms with E-state index in [2.05, 4.69) is 28.7 Å². The van der Waals surface area contributed by atoms with Gasteiger partial charge in [0.05, 0.1) is 17.8 Å². The second-order valence-electron chi connectivity index (χ2n) is 9.66. The van der Waals surface area contributed by atoms with Crippen LogP contribution < -0.4 is 10.4 Å². The molecule has 2 saturated heterocycles. The minimum Gasteiger partial charge on any atom is -0.399 e.